The van der Waals surface area contributed by atoms with Crippen molar-refractivity contribution >= 4 is 5.91 Å². The summed E-state index contributed by atoms with van der Waals surface area (Å²) in [5.41, 5.74) is 0.993. The molecule has 5 heteroatoms. The maximum Gasteiger partial charge on any atom is 0.252 e. The molecule has 0 aromatic heterocycles. The van der Waals surface area contributed by atoms with Crippen LogP contribution in [-0.4, -0.2) is 48.7 Å². The number of ether oxygens (including phenoxy) is 1. The molecule has 4 nitrogen and oxygen atoms in total. The molecule has 142 valence electrons. The van der Waals surface area contributed by atoms with E-state index in [0.717, 1.165) is 44.2 Å². The van der Waals surface area contributed by atoms with E-state index in [4.69, 9.17) is 4.74 Å². The van der Waals surface area contributed by atoms with Crippen molar-refractivity contribution in [2.75, 3.05) is 19.7 Å². The summed E-state index contributed by atoms with van der Waals surface area (Å²) in [4.78, 5) is 15.2. The first-order chi connectivity index (χ1) is 12.7. The summed E-state index contributed by atoms with van der Waals surface area (Å²) in [6.07, 6.45) is 7.16. The van der Waals surface area contributed by atoms with Crippen LogP contribution in [0.15, 0.2) is 24.3 Å². The Kier molecular flexibility index (Phi) is 5.55. The highest BCUT2D eigenvalue weighted by Crippen LogP contribution is 2.36. The Morgan fingerprint density at radius 3 is 2.85 bits per heavy atom. The van der Waals surface area contributed by atoms with Crippen LogP contribution < -0.4 is 5.32 Å². The second-order valence-electron chi connectivity index (χ2n) is 7.90. The van der Waals surface area contributed by atoms with E-state index in [-0.39, 0.29) is 35.8 Å². The fourth-order valence-corrected chi connectivity index (χ4v) is 4.88. The molecule has 3 aliphatic heterocycles. The summed E-state index contributed by atoms with van der Waals surface area (Å²) in [5, 5.41) is 3.68. The molecule has 0 bridgehead atoms. The van der Waals surface area contributed by atoms with Crippen LogP contribution in [0.5, 0.6) is 0 Å². The van der Waals surface area contributed by atoms with Gasteiger partial charge in [0.25, 0.3) is 5.91 Å². The molecule has 4 rings (SSSR count). The molecule has 0 spiro atoms. The predicted octanol–water partition coefficient (Wildman–Crippen LogP) is 3.22. The van der Waals surface area contributed by atoms with Crippen molar-refractivity contribution in [1.82, 2.24) is 10.2 Å². The average molecular weight is 360 g/mol. The summed E-state index contributed by atoms with van der Waals surface area (Å²) in [5.74, 6) is 0.0765. The number of fused-ring (bicyclic) bond motifs is 1. The minimum atomic E-state index is -0.291. The van der Waals surface area contributed by atoms with Gasteiger partial charge in [-0.2, -0.15) is 0 Å². The number of nitrogens with zero attached hydrogens (tertiary/aromatic N) is 1. The Hall–Kier alpha value is -1.46. The second-order valence-corrected chi connectivity index (χ2v) is 7.90. The zero-order chi connectivity index (χ0) is 17.9. The van der Waals surface area contributed by atoms with Crippen LogP contribution in [0.2, 0.25) is 0 Å². The number of carbonyl (C=O) groups is 1. The van der Waals surface area contributed by atoms with Gasteiger partial charge < -0.3 is 15.0 Å². The number of likely N-dealkylation sites (tertiary alicyclic amines) is 1. The van der Waals surface area contributed by atoms with Gasteiger partial charge in [0.15, 0.2) is 0 Å². The first-order valence-electron chi connectivity index (χ1n) is 10.1. The third-order valence-corrected chi connectivity index (χ3v) is 6.21. The molecule has 3 aliphatic rings. The molecule has 26 heavy (non-hydrogen) atoms. The predicted molar refractivity (Wildman–Crippen MR) is 98.5 cm³/mol. The number of benzene rings is 1. The Morgan fingerprint density at radius 2 is 2.04 bits per heavy atom. The van der Waals surface area contributed by atoms with Crippen molar-refractivity contribution < 1.29 is 13.9 Å². The summed E-state index contributed by atoms with van der Waals surface area (Å²) < 4.78 is 19.6. The standard InChI is InChI=1S/C21H29FN2O2/c22-16-8-6-7-15(13-16)17-14-24(21(25)19-10-3-5-12-26-19)18-9-2-1-4-11-23-20(17)18/h6-8,13,17-20,23H,1-5,9-12,14H2/t17-,18+,19+,20-/m0/s1. The number of carbonyl (C=O) groups excluding carboxylic acids is 1. The molecule has 0 aliphatic carbocycles. The van der Waals surface area contributed by atoms with Gasteiger partial charge in [0, 0.05) is 31.2 Å². The number of hydrogen-bond donors (Lipinski definition) is 1. The van der Waals surface area contributed by atoms with Gasteiger partial charge in [-0.25, -0.2) is 4.39 Å². The van der Waals surface area contributed by atoms with Crippen LogP contribution in [-0.2, 0) is 9.53 Å². The first-order valence-corrected chi connectivity index (χ1v) is 10.1. The minimum absolute atomic E-state index is 0.140. The fraction of sp³-hybridized carbons (Fsp3) is 0.667. The van der Waals surface area contributed by atoms with Crippen molar-refractivity contribution in [3.63, 3.8) is 0 Å². The lowest BCUT2D eigenvalue weighted by atomic mass is 9.88. The normalized spacial score (nSPS) is 32.6. The quantitative estimate of drug-likeness (QED) is 0.880. The molecule has 0 unspecified atom stereocenters. The van der Waals surface area contributed by atoms with E-state index in [1.165, 1.54) is 18.9 Å². The van der Waals surface area contributed by atoms with E-state index in [9.17, 15) is 9.18 Å². The summed E-state index contributed by atoms with van der Waals surface area (Å²) in [7, 11) is 0. The SMILES string of the molecule is O=C([C@H]1CCCCO1)N1C[C@@H](c2cccc(F)c2)[C@@H]2NCCCCC[C@H]21. The van der Waals surface area contributed by atoms with E-state index < -0.39 is 0 Å². The van der Waals surface area contributed by atoms with Crippen LogP contribution in [0, 0.1) is 5.82 Å². The molecule has 1 N–H and O–H groups in total. The lowest BCUT2D eigenvalue weighted by molar-refractivity contribution is -0.147. The van der Waals surface area contributed by atoms with E-state index in [0.29, 0.717) is 13.2 Å². The van der Waals surface area contributed by atoms with Gasteiger partial charge in [-0.1, -0.05) is 25.0 Å². The van der Waals surface area contributed by atoms with E-state index in [1.54, 1.807) is 12.1 Å². The Balaban J connectivity index is 1.60. The third-order valence-electron chi connectivity index (χ3n) is 6.21. The van der Waals surface area contributed by atoms with Gasteiger partial charge in [-0.15, -0.1) is 0 Å². The van der Waals surface area contributed by atoms with Crippen LogP contribution in [0.25, 0.3) is 0 Å². The van der Waals surface area contributed by atoms with E-state index in [1.807, 2.05) is 6.07 Å². The van der Waals surface area contributed by atoms with Crippen LogP contribution >= 0.6 is 0 Å². The minimum Gasteiger partial charge on any atom is -0.368 e. The Bertz CT molecular complexity index is 632. The monoisotopic (exact) mass is 360 g/mol. The molecule has 3 saturated heterocycles. The van der Waals surface area contributed by atoms with Crippen LogP contribution in [0.3, 0.4) is 0 Å². The van der Waals surface area contributed by atoms with Crippen molar-refractivity contribution in [2.24, 2.45) is 0 Å². The highest BCUT2D eigenvalue weighted by atomic mass is 19.1. The first kappa shape index (κ1) is 17.9. The highest BCUT2D eigenvalue weighted by Gasteiger charge is 2.46. The number of halogens is 1. The van der Waals surface area contributed by atoms with Gasteiger partial charge >= 0.3 is 0 Å². The second kappa shape index (κ2) is 8.05. The molecule has 3 fully saturated rings. The zero-order valence-electron chi connectivity index (χ0n) is 15.3. The van der Waals surface area contributed by atoms with Gasteiger partial charge in [0.1, 0.15) is 11.9 Å². The van der Waals surface area contributed by atoms with E-state index >= 15 is 0 Å². The van der Waals surface area contributed by atoms with Gasteiger partial charge in [-0.3, -0.25) is 4.79 Å². The number of rotatable bonds is 2. The van der Waals surface area contributed by atoms with Crippen molar-refractivity contribution in [1.29, 1.82) is 0 Å². The maximum atomic E-state index is 13.8. The molecule has 1 amide bonds. The van der Waals surface area contributed by atoms with Crippen molar-refractivity contribution in [2.45, 2.75) is 69.1 Å². The summed E-state index contributed by atoms with van der Waals surface area (Å²) >= 11 is 0. The smallest absolute Gasteiger partial charge is 0.252 e. The zero-order valence-corrected chi connectivity index (χ0v) is 15.3. The lowest BCUT2D eigenvalue weighted by Crippen LogP contribution is -2.50. The molecule has 3 heterocycles. The van der Waals surface area contributed by atoms with Gasteiger partial charge in [0.2, 0.25) is 0 Å². The molecule has 0 radical (unpaired) electrons. The number of amides is 1. The van der Waals surface area contributed by atoms with Crippen LogP contribution in [0.1, 0.15) is 56.4 Å². The summed E-state index contributed by atoms with van der Waals surface area (Å²) in [6, 6.07) is 7.27. The van der Waals surface area contributed by atoms with Crippen molar-refractivity contribution in [3.8, 4) is 0 Å². The fourth-order valence-electron chi connectivity index (χ4n) is 4.88. The molecular weight excluding hydrogens is 331 g/mol. The van der Waals surface area contributed by atoms with E-state index in [2.05, 4.69) is 10.2 Å². The average Bonchev–Trinajstić information content (AvgIpc) is 2.99. The molecule has 0 saturated carbocycles. The van der Waals surface area contributed by atoms with Crippen molar-refractivity contribution in [3.05, 3.63) is 35.6 Å². The number of hydrogen-bond acceptors (Lipinski definition) is 3. The number of nitrogens with one attached hydrogen (secondary N) is 1. The molecular formula is C21H29FN2O2. The third kappa shape index (κ3) is 3.65. The Morgan fingerprint density at radius 1 is 1.15 bits per heavy atom. The van der Waals surface area contributed by atoms with Gasteiger partial charge in [-0.05, 0) is 56.3 Å². The van der Waals surface area contributed by atoms with Gasteiger partial charge in [0.05, 0.1) is 0 Å². The largest absolute Gasteiger partial charge is 0.368 e. The Labute approximate surface area is 155 Å². The topological polar surface area (TPSA) is 41.6 Å². The maximum absolute atomic E-state index is 13.8. The van der Waals surface area contributed by atoms with Crippen LogP contribution in [0.4, 0.5) is 4.39 Å². The molecule has 4 atom stereocenters. The molecule has 1 aromatic rings. The summed E-state index contributed by atoms with van der Waals surface area (Å²) in [6.45, 7) is 2.31. The molecule has 1 aromatic carbocycles. The highest BCUT2D eigenvalue weighted by molar-refractivity contribution is 5.82. The lowest BCUT2D eigenvalue weighted by Gasteiger charge is -2.34.